The second-order valence-corrected chi connectivity index (χ2v) is 5.63. The molecule has 0 saturated heterocycles. The van der Waals surface area contributed by atoms with E-state index in [0.717, 1.165) is 23.7 Å². The van der Waals surface area contributed by atoms with Crippen molar-refractivity contribution in [3.8, 4) is 0 Å². The van der Waals surface area contributed by atoms with Crippen LogP contribution in [0.4, 0.5) is 21.5 Å². The summed E-state index contributed by atoms with van der Waals surface area (Å²) in [7, 11) is 0. The van der Waals surface area contributed by atoms with E-state index >= 15 is 0 Å². The molecule has 0 fully saturated rings. The van der Waals surface area contributed by atoms with Crippen LogP contribution in [-0.4, -0.2) is 23.4 Å². The molecule has 2 aromatic rings. The molecule has 0 spiro atoms. The minimum atomic E-state index is -0.934. The number of nitro benzene ring substituents is 1. The average molecular weight is 329 g/mol. The quantitative estimate of drug-likeness (QED) is 0.691. The van der Waals surface area contributed by atoms with Gasteiger partial charge in [-0.15, -0.1) is 0 Å². The zero-order chi connectivity index (χ0) is 17.3. The number of para-hydroxylation sites is 2. The average Bonchev–Trinajstić information content (AvgIpc) is 2.97. The summed E-state index contributed by atoms with van der Waals surface area (Å²) >= 11 is 0. The SMILES string of the molecule is CC(Nc1cccc(F)c1[N+](=O)[O-])C(=O)N1CCc2ccccc21. The van der Waals surface area contributed by atoms with Gasteiger partial charge in [0.25, 0.3) is 0 Å². The number of carbonyl (C=O) groups is 1. The second-order valence-electron chi connectivity index (χ2n) is 5.63. The van der Waals surface area contributed by atoms with Crippen LogP contribution in [0.3, 0.4) is 0 Å². The molecule has 1 N–H and O–H groups in total. The molecule has 3 rings (SSSR count). The van der Waals surface area contributed by atoms with Crippen LogP contribution < -0.4 is 10.2 Å². The fourth-order valence-electron chi connectivity index (χ4n) is 2.91. The van der Waals surface area contributed by atoms with Crippen molar-refractivity contribution >= 4 is 23.0 Å². The third-order valence-electron chi connectivity index (χ3n) is 4.06. The van der Waals surface area contributed by atoms with Crippen molar-refractivity contribution in [3.05, 3.63) is 64.0 Å². The summed E-state index contributed by atoms with van der Waals surface area (Å²) in [5, 5.41) is 13.8. The summed E-state index contributed by atoms with van der Waals surface area (Å²) in [5.74, 6) is -1.14. The molecule has 1 heterocycles. The van der Waals surface area contributed by atoms with E-state index in [1.807, 2.05) is 24.3 Å². The molecule has 6 nitrogen and oxygen atoms in total. The predicted molar refractivity (Wildman–Crippen MR) is 88.6 cm³/mol. The summed E-state index contributed by atoms with van der Waals surface area (Å²) in [6.45, 7) is 2.17. The molecule has 7 heteroatoms. The zero-order valence-electron chi connectivity index (χ0n) is 13.0. The fraction of sp³-hybridized carbons (Fsp3) is 0.235. The molecule has 0 saturated carbocycles. The lowest BCUT2D eigenvalue weighted by molar-refractivity contribution is -0.386. The number of rotatable bonds is 4. The first kappa shape index (κ1) is 15.9. The normalized spacial score (nSPS) is 14.2. The molecule has 24 heavy (non-hydrogen) atoms. The molecule has 2 aromatic carbocycles. The summed E-state index contributed by atoms with van der Waals surface area (Å²) in [6, 6.07) is 10.7. The highest BCUT2D eigenvalue weighted by Crippen LogP contribution is 2.30. The number of benzene rings is 2. The lowest BCUT2D eigenvalue weighted by Crippen LogP contribution is -2.40. The molecule has 1 aliphatic rings. The first-order valence-corrected chi connectivity index (χ1v) is 7.57. The monoisotopic (exact) mass is 329 g/mol. The Morgan fingerprint density at radius 2 is 2.04 bits per heavy atom. The van der Waals surface area contributed by atoms with E-state index in [4.69, 9.17) is 0 Å². The maximum Gasteiger partial charge on any atom is 0.327 e. The molecule has 0 aromatic heterocycles. The van der Waals surface area contributed by atoms with Crippen molar-refractivity contribution < 1.29 is 14.1 Å². The van der Waals surface area contributed by atoms with Crippen molar-refractivity contribution in [2.75, 3.05) is 16.8 Å². The lowest BCUT2D eigenvalue weighted by Gasteiger charge is -2.23. The maximum atomic E-state index is 13.7. The summed E-state index contributed by atoms with van der Waals surface area (Å²) in [4.78, 5) is 24.6. The van der Waals surface area contributed by atoms with Crippen LogP contribution in [-0.2, 0) is 11.2 Å². The molecular formula is C17H16FN3O3. The van der Waals surface area contributed by atoms with Crippen molar-refractivity contribution in [2.45, 2.75) is 19.4 Å². The standard InChI is InChI=1S/C17H16FN3O3/c1-11(19-14-7-4-6-13(18)16(14)21(23)24)17(22)20-10-9-12-5-2-3-8-15(12)20/h2-8,11,19H,9-10H2,1H3. The minimum Gasteiger partial charge on any atom is -0.368 e. The van der Waals surface area contributed by atoms with Crippen LogP contribution in [0, 0.1) is 15.9 Å². The van der Waals surface area contributed by atoms with Crippen molar-refractivity contribution in [3.63, 3.8) is 0 Å². The third-order valence-corrected chi connectivity index (χ3v) is 4.06. The van der Waals surface area contributed by atoms with Gasteiger partial charge in [0, 0.05) is 12.2 Å². The largest absolute Gasteiger partial charge is 0.368 e. The van der Waals surface area contributed by atoms with Gasteiger partial charge in [0.1, 0.15) is 11.7 Å². The number of nitrogens with zero attached hydrogens (tertiary/aromatic N) is 2. The van der Waals surface area contributed by atoms with E-state index in [1.54, 1.807) is 11.8 Å². The number of carbonyl (C=O) groups excluding carboxylic acids is 1. The minimum absolute atomic E-state index is 0.00617. The van der Waals surface area contributed by atoms with E-state index in [9.17, 15) is 19.3 Å². The molecule has 1 atom stereocenters. The predicted octanol–water partition coefficient (Wildman–Crippen LogP) is 3.12. The van der Waals surface area contributed by atoms with E-state index in [0.29, 0.717) is 6.54 Å². The topological polar surface area (TPSA) is 75.5 Å². The van der Waals surface area contributed by atoms with Gasteiger partial charge in [-0.1, -0.05) is 24.3 Å². The highest BCUT2D eigenvalue weighted by atomic mass is 19.1. The van der Waals surface area contributed by atoms with Crippen molar-refractivity contribution in [1.82, 2.24) is 0 Å². The highest BCUT2D eigenvalue weighted by Gasteiger charge is 2.29. The Kier molecular flexibility index (Phi) is 4.16. The summed E-state index contributed by atoms with van der Waals surface area (Å²) in [6.07, 6.45) is 0.773. The van der Waals surface area contributed by atoms with Gasteiger partial charge in [-0.05, 0) is 37.1 Å². The van der Waals surface area contributed by atoms with Crippen molar-refractivity contribution in [1.29, 1.82) is 0 Å². The summed E-state index contributed by atoms with van der Waals surface area (Å²) < 4.78 is 13.7. The Morgan fingerprint density at radius 3 is 2.79 bits per heavy atom. The maximum absolute atomic E-state index is 13.7. The first-order valence-electron chi connectivity index (χ1n) is 7.57. The Labute approximate surface area is 138 Å². The Bertz CT molecular complexity index is 809. The molecule has 124 valence electrons. The Hall–Kier alpha value is -2.96. The van der Waals surface area contributed by atoms with Gasteiger partial charge in [-0.3, -0.25) is 14.9 Å². The van der Waals surface area contributed by atoms with Gasteiger partial charge in [0.15, 0.2) is 0 Å². The van der Waals surface area contributed by atoms with Crippen LogP contribution in [0.2, 0.25) is 0 Å². The first-order chi connectivity index (χ1) is 11.5. The number of nitrogens with one attached hydrogen (secondary N) is 1. The molecule has 1 amide bonds. The fourth-order valence-corrected chi connectivity index (χ4v) is 2.91. The second kappa shape index (κ2) is 6.27. The van der Waals surface area contributed by atoms with Gasteiger partial charge in [-0.25, -0.2) is 0 Å². The number of halogens is 1. The molecule has 0 bridgehead atoms. The van der Waals surface area contributed by atoms with Gasteiger partial charge in [0.05, 0.1) is 4.92 Å². The van der Waals surface area contributed by atoms with Crippen LogP contribution >= 0.6 is 0 Å². The number of nitro groups is 1. The van der Waals surface area contributed by atoms with Crippen LogP contribution in [0.25, 0.3) is 0 Å². The van der Waals surface area contributed by atoms with Gasteiger partial charge < -0.3 is 10.2 Å². The summed E-state index contributed by atoms with van der Waals surface area (Å²) in [5.41, 5.74) is 1.28. The number of amides is 1. The molecule has 1 unspecified atom stereocenters. The molecule has 1 aliphatic heterocycles. The van der Waals surface area contributed by atoms with E-state index < -0.39 is 22.5 Å². The van der Waals surface area contributed by atoms with E-state index in [2.05, 4.69) is 5.32 Å². The smallest absolute Gasteiger partial charge is 0.327 e. The molecule has 0 radical (unpaired) electrons. The Morgan fingerprint density at radius 1 is 1.29 bits per heavy atom. The Balaban J connectivity index is 1.82. The number of fused-ring (bicyclic) bond motifs is 1. The van der Waals surface area contributed by atoms with E-state index in [-0.39, 0.29) is 11.6 Å². The van der Waals surface area contributed by atoms with Crippen LogP contribution in [0.1, 0.15) is 12.5 Å². The molecule has 0 aliphatic carbocycles. The van der Waals surface area contributed by atoms with Gasteiger partial charge in [0.2, 0.25) is 11.7 Å². The number of hydrogen-bond donors (Lipinski definition) is 1. The third kappa shape index (κ3) is 2.80. The number of hydrogen-bond acceptors (Lipinski definition) is 4. The van der Waals surface area contributed by atoms with Gasteiger partial charge >= 0.3 is 5.69 Å². The van der Waals surface area contributed by atoms with Crippen LogP contribution in [0.15, 0.2) is 42.5 Å². The van der Waals surface area contributed by atoms with Gasteiger partial charge in [-0.2, -0.15) is 4.39 Å². The zero-order valence-corrected chi connectivity index (χ0v) is 13.0. The lowest BCUT2D eigenvalue weighted by atomic mass is 10.2. The van der Waals surface area contributed by atoms with Crippen LogP contribution in [0.5, 0.6) is 0 Å². The number of anilines is 2. The van der Waals surface area contributed by atoms with Crippen molar-refractivity contribution in [2.24, 2.45) is 0 Å². The highest BCUT2D eigenvalue weighted by molar-refractivity contribution is 6.00. The molecular weight excluding hydrogens is 313 g/mol. The van der Waals surface area contributed by atoms with E-state index in [1.165, 1.54) is 12.1 Å².